The van der Waals surface area contributed by atoms with E-state index in [2.05, 4.69) is 10.5 Å². The summed E-state index contributed by atoms with van der Waals surface area (Å²) in [6, 6.07) is 6.90. The number of hydrazone groups is 1. The van der Waals surface area contributed by atoms with E-state index in [1.807, 2.05) is 0 Å². The molecule has 0 aliphatic heterocycles. The first-order valence-electron chi connectivity index (χ1n) is 5.39. The number of nitro benzene ring substituents is 1. The van der Waals surface area contributed by atoms with Gasteiger partial charge in [-0.3, -0.25) is 14.9 Å². The molecule has 0 bridgehead atoms. The molecule has 1 amide bonds. The van der Waals surface area contributed by atoms with E-state index in [0.717, 1.165) is 6.07 Å². The van der Waals surface area contributed by atoms with Gasteiger partial charge in [0.05, 0.1) is 28.0 Å². The van der Waals surface area contributed by atoms with Gasteiger partial charge in [-0.05, 0) is 18.2 Å². The van der Waals surface area contributed by atoms with E-state index in [1.54, 1.807) is 12.1 Å². The van der Waals surface area contributed by atoms with E-state index in [-0.39, 0.29) is 16.3 Å². The number of amides is 1. The molecule has 102 valence electrons. The highest BCUT2D eigenvalue weighted by atomic mass is 35.5. The molecule has 0 atom stereocenters. The number of rotatable bonds is 4. The Hall–Kier alpha value is -2.67. The Bertz CT molecular complexity index is 667. The summed E-state index contributed by atoms with van der Waals surface area (Å²) in [5.74, 6) is -0.104. The van der Waals surface area contributed by atoms with E-state index >= 15 is 0 Å². The Morgan fingerprint density at radius 3 is 2.85 bits per heavy atom. The van der Waals surface area contributed by atoms with Crippen molar-refractivity contribution >= 4 is 29.4 Å². The number of halogens is 1. The van der Waals surface area contributed by atoms with Crippen LogP contribution in [0.25, 0.3) is 0 Å². The fourth-order valence-electron chi connectivity index (χ4n) is 1.38. The molecule has 0 saturated carbocycles. The molecule has 20 heavy (non-hydrogen) atoms. The van der Waals surface area contributed by atoms with Crippen molar-refractivity contribution in [3.05, 3.63) is 63.1 Å². The van der Waals surface area contributed by atoms with Crippen molar-refractivity contribution in [3.63, 3.8) is 0 Å². The molecule has 1 aromatic heterocycles. The molecule has 7 nitrogen and oxygen atoms in total. The number of hydrogen-bond acceptors (Lipinski definition) is 5. The van der Waals surface area contributed by atoms with Crippen LogP contribution in [0.3, 0.4) is 0 Å². The molecule has 0 radical (unpaired) electrons. The lowest BCUT2D eigenvalue weighted by Crippen LogP contribution is -2.18. The summed E-state index contributed by atoms with van der Waals surface area (Å²) in [7, 11) is 0. The normalized spacial score (nSPS) is 10.7. The number of hydrogen-bond donors (Lipinski definition) is 1. The highest BCUT2D eigenvalue weighted by molar-refractivity contribution is 6.34. The van der Waals surface area contributed by atoms with Crippen LogP contribution < -0.4 is 5.43 Å². The van der Waals surface area contributed by atoms with E-state index in [1.165, 1.54) is 24.6 Å². The molecule has 2 aromatic rings. The van der Waals surface area contributed by atoms with Crippen molar-refractivity contribution in [1.82, 2.24) is 5.43 Å². The fourth-order valence-corrected chi connectivity index (χ4v) is 1.64. The average molecular weight is 294 g/mol. The van der Waals surface area contributed by atoms with E-state index in [4.69, 9.17) is 16.0 Å². The van der Waals surface area contributed by atoms with Gasteiger partial charge in [-0.1, -0.05) is 11.6 Å². The van der Waals surface area contributed by atoms with Crippen LogP contribution in [0.1, 0.15) is 16.1 Å². The molecule has 0 aliphatic carbocycles. The van der Waals surface area contributed by atoms with E-state index in [9.17, 15) is 14.9 Å². The summed E-state index contributed by atoms with van der Waals surface area (Å²) in [4.78, 5) is 21.7. The van der Waals surface area contributed by atoms with Gasteiger partial charge in [0, 0.05) is 12.1 Å². The Morgan fingerprint density at radius 2 is 2.25 bits per heavy atom. The second-order valence-corrected chi connectivity index (χ2v) is 4.04. The number of carbonyl (C=O) groups is 1. The lowest BCUT2D eigenvalue weighted by atomic mass is 10.2. The summed E-state index contributed by atoms with van der Waals surface area (Å²) in [5, 5.41) is 14.2. The monoisotopic (exact) mass is 293 g/mol. The number of benzene rings is 1. The SMILES string of the molecule is O=C(N/N=C/c1ccco1)c1ccc([N+](=O)[O-])cc1Cl. The largest absolute Gasteiger partial charge is 0.463 e. The van der Waals surface area contributed by atoms with Gasteiger partial charge in [0.2, 0.25) is 0 Å². The van der Waals surface area contributed by atoms with Crippen LogP contribution in [0.4, 0.5) is 5.69 Å². The van der Waals surface area contributed by atoms with Crippen LogP contribution in [0.15, 0.2) is 46.1 Å². The van der Waals surface area contributed by atoms with Gasteiger partial charge in [0.15, 0.2) is 0 Å². The highest BCUT2D eigenvalue weighted by Gasteiger charge is 2.14. The van der Waals surface area contributed by atoms with Gasteiger partial charge in [-0.2, -0.15) is 5.10 Å². The maximum Gasteiger partial charge on any atom is 0.272 e. The number of non-ortho nitro benzene ring substituents is 1. The Labute approximate surface area is 118 Å². The first-order valence-corrected chi connectivity index (χ1v) is 5.76. The minimum atomic E-state index is -0.595. The lowest BCUT2D eigenvalue weighted by molar-refractivity contribution is -0.384. The summed E-state index contributed by atoms with van der Waals surface area (Å²) in [6.45, 7) is 0. The summed E-state index contributed by atoms with van der Waals surface area (Å²) < 4.78 is 4.99. The fraction of sp³-hybridized carbons (Fsp3) is 0. The zero-order valence-corrected chi connectivity index (χ0v) is 10.7. The van der Waals surface area contributed by atoms with Crippen molar-refractivity contribution in [2.75, 3.05) is 0 Å². The minimum Gasteiger partial charge on any atom is -0.463 e. The smallest absolute Gasteiger partial charge is 0.272 e. The van der Waals surface area contributed by atoms with Crippen molar-refractivity contribution < 1.29 is 14.1 Å². The molecule has 0 saturated heterocycles. The summed E-state index contributed by atoms with van der Waals surface area (Å²) in [5.41, 5.74) is 2.15. The summed E-state index contributed by atoms with van der Waals surface area (Å²) >= 11 is 5.81. The van der Waals surface area contributed by atoms with E-state index < -0.39 is 10.8 Å². The molecular formula is C12H8ClN3O4. The van der Waals surface area contributed by atoms with Crippen LogP contribution >= 0.6 is 11.6 Å². The summed E-state index contributed by atoms with van der Waals surface area (Å²) in [6.07, 6.45) is 2.79. The van der Waals surface area contributed by atoms with Gasteiger partial charge in [-0.15, -0.1) is 0 Å². The average Bonchev–Trinajstić information content (AvgIpc) is 2.91. The minimum absolute atomic E-state index is 0.0232. The van der Waals surface area contributed by atoms with Crippen LogP contribution in [0.5, 0.6) is 0 Å². The second-order valence-electron chi connectivity index (χ2n) is 3.64. The Morgan fingerprint density at radius 1 is 1.45 bits per heavy atom. The van der Waals surface area contributed by atoms with Crippen LogP contribution in [0, 0.1) is 10.1 Å². The Balaban J connectivity index is 2.08. The number of nitrogens with one attached hydrogen (secondary N) is 1. The molecule has 8 heteroatoms. The van der Waals surface area contributed by atoms with Gasteiger partial charge < -0.3 is 4.42 Å². The number of nitrogens with zero attached hydrogens (tertiary/aromatic N) is 2. The molecular weight excluding hydrogens is 286 g/mol. The third-order valence-electron chi connectivity index (χ3n) is 2.31. The molecule has 0 unspecified atom stereocenters. The van der Waals surface area contributed by atoms with E-state index in [0.29, 0.717) is 5.76 Å². The Kier molecular flexibility index (Phi) is 4.11. The molecule has 1 aromatic carbocycles. The molecule has 0 fully saturated rings. The first-order chi connectivity index (χ1) is 9.58. The molecule has 0 spiro atoms. The van der Waals surface area contributed by atoms with Gasteiger partial charge in [0.1, 0.15) is 5.76 Å². The topological polar surface area (TPSA) is 97.7 Å². The molecule has 2 rings (SSSR count). The number of carbonyl (C=O) groups excluding carboxylic acids is 1. The predicted octanol–water partition coefficient (Wildman–Crippen LogP) is 2.61. The molecule has 1 heterocycles. The predicted molar refractivity (Wildman–Crippen MR) is 71.9 cm³/mol. The molecule has 0 aliphatic rings. The maximum atomic E-state index is 11.8. The second kappa shape index (κ2) is 5.98. The maximum absolute atomic E-state index is 11.8. The van der Waals surface area contributed by atoms with Crippen molar-refractivity contribution in [1.29, 1.82) is 0 Å². The third-order valence-corrected chi connectivity index (χ3v) is 2.62. The highest BCUT2D eigenvalue weighted by Crippen LogP contribution is 2.22. The zero-order valence-electron chi connectivity index (χ0n) is 9.95. The van der Waals surface area contributed by atoms with Crippen LogP contribution in [-0.4, -0.2) is 17.0 Å². The number of furan rings is 1. The molecule has 1 N–H and O–H groups in total. The van der Waals surface area contributed by atoms with Gasteiger partial charge in [0.25, 0.3) is 11.6 Å². The van der Waals surface area contributed by atoms with Gasteiger partial charge >= 0.3 is 0 Å². The van der Waals surface area contributed by atoms with Gasteiger partial charge in [-0.25, -0.2) is 5.43 Å². The number of nitro groups is 1. The van der Waals surface area contributed by atoms with Crippen molar-refractivity contribution in [2.24, 2.45) is 5.10 Å². The quantitative estimate of drug-likeness (QED) is 0.532. The standard InChI is InChI=1S/C12H8ClN3O4/c13-11-6-8(16(18)19)3-4-10(11)12(17)15-14-7-9-2-1-5-20-9/h1-7H,(H,15,17)/b14-7+. The van der Waals surface area contributed by atoms with Crippen molar-refractivity contribution in [3.8, 4) is 0 Å². The first kappa shape index (κ1) is 13.8. The van der Waals surface area contributed by atoms with Crippen molar-refractivity contribution in [2.45, 2.75) is 0 Å². The zero-order chi connectivity index (χ0) is 14.5. The van der Waals surface area contributed by atoms with Crippen LogP contribution in [-0.2, 0) is 0 Å². The lowest BCUT2D eigenvalue weighted by Gasteiger charge is -2.02. The van der Waals surface area contributed by atoms with Crippen LogP contribution in [0.2, 0.25) is 5.02 Å². The third kappa shape index (κ3) is 3.21.